The highest BCUT2D eigenvalue weighted by molar-refractivity contribution is 7.90. The molecule has 0 spiro atoms. The highest BCUT2D eigenvalue weighted by atomic mass is 32.2. The lowest BCUT2D eigenvalue weighted by Gasteiger charge is -2.18. The molecule has 106 valence electrons. The quantitative estimate of drug-likeness (QED) is 0.775. The first-order chi connectivity index (χ1) is 8.73. The fraction of sp³-hybridized carbons (Fsp3) is 0.273. The molecule has 0 amide bonds. The van der Waals surface area contributed by atoms with E-state index in [1.807, 2.05) is 0 Å². The van der Waals surface area contributed by atoms with Crippen molar-refractivity contribution in [3.63, 3.8) is 0 Å². The van der Waals surface area contributed by atoms with Crippen molar-refractivity contribution in [2.45, 2.75) is 16.7 Å². The predicted octanol–water partition coefficient (Wildman–Crippen LogP) is 0.531. The minimum Gasteiger partial charge on any atom is -0.225 e. The molecule has 0 saturated carbocycles. The minimum absolute atomic E-state index is 0.109. The first-order valence-electron chi connectivity index (χ1n) is 5.47. The Kier molecular flexibility index (Phi) is 4.86. The van der Waals surface area contributed by atoms with Gasteiger partial charge in [-0.3, -0.25) is 0 Å². The summed E-state index contributed by atoms with van der Waals surface area (Å²) in [6, 6.07) is 4.97. The molecule has 0 bridgehead atoms. The van der Waals surface area contributed by atoms with Crippen molar-refractivity contribution in [2.75, 3.05) is 13.1 Å². The van der Waals surface area contributed by atoms with Crippen molar-refractivity contribution < 1.29 is 16.8 Å². The fourth-order valence-electron chi connectivity index (χ4n) is 1.50. The van der Waals surface area contributed by atoms with E-state index in [0.29, 0.717) is 0 Å². The molecular formula is C11H16N2O4S2. The summed E-state index contributed by atoms with van der Waals surface area (Å²) in [5.74, 6) is 0. The first-order valence-corrected chi connectivity index (χ1v) is 8.46. The zero-order valence-corrected chi connectivity index (χ0v) is 12.1. The van der Waals surface area contributed by atoms with Crippen molar-refractivity contribution in [1.29, 1.82) is 0 Å². The van der Waals surface area contributed by atoms with E-state index in [9.17, 15) is 16.8 Å². The number of hydrogen-bond acceptors (Lipinski definition) is 4. The minimum atomic E-state index is -3.93. The highest BCUT2D eigenvalue weighted by Gasteiger charge is 2.23. The lowest BCUT2D eigenvalue weighted by molar-refractivity contribution is 0.459. The maximum atomic E-state index is 12.3. The zero-order chi connectivity index (χ0) is 14.7. The fourth-order valence-corrected chi connectivity index (χ4v) is 3.60. The number of sulfonamides is 2. The molecule has 0 saturated heterocycles. The van der Waals surface area contributed by atoms with Gasteiger partial charge < -0.3 is 0 Å². The van der Waals surface area contributed by atoms with Crippen LogP contribution >= 0.6 is 0 Å². The van der Waals surface area contributed by atoms with Gasteiger partial charge in [-0.25, -0.2) is 22.0 Å². The molecular weight excluding hydrogens is 288 g/mol. The lowest BCUT2D eigenvalue weighted by Crippen LogP contribution is -2.31. The maximum absolute atomic E-state index is 12.3. The van der Waals surface area contributed by atoms with Crippen LogP contribution in [0.2, 0.25) is 0 Å². The van der Waals surface area contributed by atoms with Gasteiger partial charge in [0.2, 0.25) is 20.0 Å². The van der Waals surface area contributed by atoms with E-state index in [-0.39, 0.29) is 22.9 Å². The Morgan fingerprint density at radius 1 is 1.26 bits per heavy atom. The molecule has 6 nitrogen and oxygen atoms in total. The van der Waals surface area contributed by atoms with Crippen LogP contribution in [0.4, 0.5) is 0 Å². The Balaban J connectivity index is 3.33. The molecule has 0 fully saturated rings. The Morgan fingerprint density at radius 3 is 2.32 bits per heavy atom. The van der Waals surface area contributed by atoms with Gasteiger partial charge in [0, 0.05) is 13.1 Å². The van der Waals surface area contributed by atoms with Gasteiger partial charge in [-0.2, -0.15) is 4.31 Å². The molecule has 0 aliphatic heterocycles. The van der Waals surface area contributed by atoms with E-state index in [1.54, 1.807) is 6.92 Å². The molecule has 1 aromatic carbocycles. The molecule has 0 aliphatic rings. The van der Waals surface area contributed by atoms with Crippen molar-refractivity contribution in [3.05, 3.63) is 36.9 Å². The summed E-state index contributed by atoms with van der Waals surface area (Å²) >= 11 is 0. The van der Waals surface area contributed by atoms with E-state index < -0.39 is 20.0 Å². The summed E-state index contributed by atoms with van der Waals surface area (Å²) in [4.78, 5) is -0.342. The number of hydrogen-bond donors (Lipinski definition) is 1. The van der Waals surface area contributed by atoms with Gasteiger partial charge in [-0.15, -0.1) is 6.58 Å². The summed E-state index contributed by atoms with van der Waals surface area (Å²) in [5.41, 5.74) is 0. The molecule has 19 heavy (non-hydrogen) atoms. The smallest absolute Gasteiger partial charge is 0.225 e. The van der Waals surface area contributed by atoms with E-state index in [2.05, 4.69) is 6.58 Å². The average Bonchev–Trinajstić information content (AvgIpc) is 2.34. The molecule has 0 radical (unpaired) electrons. The van der Waals surface area contributed by atoms with E-state index in [1.165, 1.54) is 28.6 Å². The second-order valence-electron chi connectivity index (χ2n) is 3.76. The van der Waals surface area contributed by atoms with Gasteiger partial charge >= 0.3 is 0 Å². The maximum Gasteiger partial charge on any atom is 0.243 e. The van der Waals surface area contributed by atoms with E-state index in [0.717, 1.165) is 6.07 Å². The van der Waals surface area contributed by atoms with Crippen LogP contribution in [0.5, 0.6) is 0 Å². The van der Waals surface area contributed by atoms with Gasteiger partial charge in [0.25, 0.3) is 0 Å². The van der Waals surface area contributed by atoms with Gasteiger partial charge in [-0.05, 0) is 18.2 Å². The average molecular weight is 304 g/mol. The predicted molar refractivity (Wildman–Crippen MR) is 72.4 cm³/mol. The summed E-state index contributed by atoms with van der Waals surface area (Å²) in [6.07, 6.45) is 1.46. The Labute approximate surface area is 113 Å². The Morgan fingerprint density at radius 2 is 1.84 bits per heavy atom. The van der Waals surface area contributed by atoms with Gasteiger partial charge in [0.1, 0.15) is 0 Å². The van der Waals surface area contributed by atoms with Crippen molar-refractivity contribution in [1.82, 2.24) is 4.31 Å². The van der Waals surface area contributed by atoms with Crippen LogP contribution in [0.15, 0.2) is 46.7 Å². The third-order valence-electron chi connectivity index (χ3n) is 2.46. The Hall–Kier alpha value is -1.22. The van der Waals surface area contributed by atoms with Gasteiger partial charge in [0.05, 0.1) is 9.79 Å². The van der Waals surface area contributed by atoms with Crippen LogP contribution in [-0.2, 0) is 20.0 Å². The van der Waals surface area contributed by atoms with E-state index >= 15 is 0 Å². The van der Waals surface area contributed by atoms with Gasteiger partial charge in [-0.1, -0.05) is 19.1 Å². The van der Waals surface area contributed by atoms with Crippen LogP contribution < -0.4 is 5.14 Å². The molecule has 0 unspecified atom stereocenters. The third-order valence-corrected chi connectivity index (χ3v) is 5.31. The number of nitrogens with zero attached hydrogens (tertiary/aromatic N) is 1. The Bertz CT molecular complexity index is 666. The first kappa shape index (κ1) is 15.8. The largest absolute Gasteiger partial charge is 0.243 e. The summed E-state index contributed by atoms with van der Waals surface area (Å²) in [6.45, 7) is 5.58. The lowest BCUT2D eigenvalue weighted by atomic mass is 10.4. The number of nitrogens with two attached hydrogens (primary N) is 1. The van der Waals surface area contributed by atoms with Crippen LogP contribution in [0.3, 0.4) is 0 Å². The summed E-state index contributed by atoms with van der Waals surface area (Å²) < 4.78 is 48.2. The highest BCUT2D eigenvalue weighted by Crippen LogP contribution is 2.18. The molecule has 0 aliphatic carbocycles. The van der Waals surface area contributed by atoms with Crippen LogP contribution in [0.1, 0.15) is 6.92 Å². The summed E-state index contributed by atoms with van der Waals surface area (Å²) in [5, 5.41) is 4.98. The molecule has 2 N–H and O–H groups in total. The van der Waals surface area contributed by atoms with E-state index in [4.69, 9.17) is 5.14 Å². The molecule has 1 rings (SSSR count). The zero-order valence-electron chi connectivity index (χ0n) is 10.5. The van der Waals surface area contributed by atoms with Gasteiger partial charge in [0.15, 0.2) is 0 Å². The standard InChI is InChI=1S/C11H16N2O4S2/c1-3-8-13(4-2)19(16,17)11-7-5-6-10(9-11)18(12,14)15/h3,5-7,9H,1,4,8H2,2H3,(H2,12,14,15). The second kappa shape index (κ2) is 5.83. The molecule has 0 atom stereocenters. The number of likely N-dealkylation sites (N-methyl/N-ethyl adjacent to an activating group) is 1. The van der Waals surface area contributed by atoms with Crippen molar-refractivity contribution in [2.24, 2.45) is 5.14 Å². The number of benzene rings is 1. The number of rotatable bonds is 6. The van der Waals surface area contributed by atoms with Crippen LogP contribution in [0, 0.1) is 0 Å². The topological polar surface area (TPSA) is 97.5 Å². The van der Waals surface area contributed by atoms with Crippen molar-refractivity contribution in [3.8, 4) is 0 Å². The third kappa shape index (κ3) is 3.63. The molecule has 8 heteroatoms. The van der Waals surface area contributed by atoms with Crippen molar-refractivity contribution >= 4 is 20.0 Å². The number of primary sulfonamides is 1. The van der Waals surface area contributed by atoms with Crippen LogP contribution in [0.25, 0.3) is 0 Å². The molecule has 0 aromatic heterocycles. The SMILES string of the molecule is C=CCN(CC)S(=O)(=O)c1cccc(S(N)(=O)=O)c1. The summed E-state index contributed by atoms with van der Waals surface area (Å²) in [7, 11) is -7.69. The second-order valence-corrected chi connectivity index (χ2v) is 7.26. The normalized spacial score (nSPS) is 12.6. The monoisotopic (exact) mass is 304 g/mol. The molecule has 0 heterocycles. The van der Waals surface area contributed by atoms with Crippen LogP contribution in [-0.4, -0.2) is 34.2 Å². The molecule has 1 aromatic rings.